The predicted octanol–water partition coefficient (Wildman–Crippen LogP) is 16.8. The van der Waals surface area contributed by atoms with Crippen LogP contribution < -0.4 is 5.32 Å². The quantitative estimate of drug-likeness (QED) is 0.123. The van der Waals surface area contributed by atoms with E-state index in [2.05, 4.69) is 159 Å². The summed E-state index contributed by atoms with van der Waals surface area (Å²) in [4.78, 5) is 0. The number of para-hydroxylation sites is 1. The molecule has 2 N–H and O–H groups in total. The van der Waals surface area contributed by atoms with Crippen LogP contribution in [0.5, 0.6) is 0 Å². The molecule has 0 aliphatic heterocycles. The number of fused-ring (bicyclic) bond motifs is 10. The van der Waals surface area contributed by atoms with Crippen LogP contribution in [0.25, 0.3) is 80.4 Å². The first-order valence-electron chi connectivity index (χ1n) is 20.7. The van der Waals surface area contributed by atoms with Gasteiger partial charge in [0.2, 0.25) is 0 Å². The van der Waals surface area contributed by atoms with Crippen molar-refractivity contribution in [1.29, 1.82) is 5.41 Å². The van der Waals surface area contributed by atoms with Crippen molar-refractivity contribution in [3.8, 4) is 22.3 Å². The van der Waals surface area contributed by atoms with Gasteiger partial charge in [0.05, 0.1) is 5.71 Å². The number of rotatable bonds is 7. The Labute approximate surface area is 351 Å². The van der Waals surface area contributed by atoms with E-state index in [-0.39, 0.29) is 0 Å². The molecule has 3 heteroatoms. The van der Waals surface area contributed by atoms with E-state index in [9.17, 15) is 5.41 Å². The molecule has 1 aromatic heterocycles. The maximum atomic E-state index is 9.21. The Morgan fingerprint density at radius 3 is 1.66 bits per heavy atom. The third-order valence-corrected chi connectivity index (χ3v) is 11.6. The van der Waals surface area contributed by atoms with E-state index < -0.39 is 0 Å². The molecule has 10 rings (SSSR count). The minimum Gasteiger partial charge on any atom is -0.355 e. The molecule has 1 heterocycles. The van der Waals surface area contributed by atoms with Gasteiger partial charge in [-0.25, -0.2) is 0 Å². The molecule has 0 aliphatic rings. The van der Waals surface area contributed by atoms with E-state index in [0.717, 1.165) is 39.2 Å². The lowest BCUT2D eigenvalue weighted by Crippen LogP contribution is -2.04. The van der Waals surface area contributed by atoms with E-state index >= 15 is 0 Å². The summed E-state index contributed by atoms with van der Waals surface area (Å²) in [6.45, 7) is 8.25. The highest BCUT2D eigenvalue weighted by atomic mass is 32.1. The smallest absolute Gasteiger partial charge is 0.0633 e. The minimum atomic E-state index is 0.441. The van der Waals surface area contributed by atoms with Crippen molar-refractivity contribution in [1.82, 2.24) is 0 Å². The zero-order chi connectivity index (χ0) is 40.7. The largest absolute Gasteiger partial charge is 0.355 e. The molecule has 2 nitrogen and oxygen atoms in total. The van der Waals surface area contributed by atoms with Gasteiger partial charge in [-0.05, 0) is 109 Å². The topological polar surface area (TPSA) is 35.9 Å². The van der Waals surface area contributed by atoms with Gasteiger partial charge in [-0.1, -0.05) is 180 Å². The summed E-state index contributed by atoms with van der Waals surface area (Å²) < 4.78 is 2.59. The van der Waals surface area contributed by atoms with Gasteiger partial charge in [-0.15, -0.1) is 11.3 Å². The Morgan fingerprint density at radius 2 is 1.00 bits per heavy atom. The van der Waals surface area contributed by atoms with Crippen molar-refractivity contribution < 1.29 is 0 Å². The number of nitrogens with one attached hydrogen (secondary N) is 2. The number of anilines is 1. The maximum Gasteiger partial charge on any atom is 0.0633 e. The van der Waals surface area contributed by atoms with Crippen molar-refractivity contribution in [3.05, 3.63) is 205 Å². The number of hydrogen-bond donors (Lipinski definition) is 2. The number of hydrogen-bond acceptors (Lipinski definition) is 3. The van der Waals surface area contributed by atoms with Crippen LogP contribution in [0, 0.1) is 5.41 Å². The van der Waals surface area contributed by atoms with Gasteiger partial charge in [0.15, 0.2) is 0 Å². The lowest BCUT2D eigenvalue weighted by atomic mass is 9.88. The Bertz CT molecular complexity index is 3090. The second-order valence-corrected chi connectivity index (χ2v) is 15.5. The summed E-state index contributed by atoms with van der Waals surface area (Å²) in [5, 5.41) is 23.1. The summed E-state index contributed by atoms with van der Waals surface area (Å²) in [6, 6.07) is 66.7. The second kappa shape index (κ2) is 17.8. The van der Waals surface area contributed by atoms with Gasteiger partial charge in [0.25, 0.3) is 0 Å². The van der Waals surface area contributed by atoms with Crippen molar-refractivity contribution in [2.75, 3.05) is 5.32 Å². The first kappa shape index (κ1) is 39.0. The zero-order valence-electron chi connectivity index (χ0n) is 34.1. The average molecular weight is 781 g/mol. The first-order chi connectivity index (χ1) is 29.1. The molecule has 0 spiro atoms. The van der Waals surface area contributed by atoms with E-state index in [1.807, 2.05) is 79.8 Å². The molecule has 0 atom stereocenters. The van der Waals surface area contributed by atoms with E-state index in [4.69, 9.17) is 0 Å². The van der Waals surface area contributed by atoms with Gasteiger partial charge in [-0.3, -0.25) is 0 Å². The third kappa shape index (κ3) is 7.78. The third-order valence-electron chi connectivity index (χ3n) is 10.4. The van der Waals surface area contributed by atoms with Crippen LogP contribution in [0.4, 0.5) is 5.69 Å². The molecule has 0 aliphatic carbocycles. The molecule has 10 aromatic rings. The molecule has 0 fully saturated rings. The molecule has 0 radical (unpaired) electrons. The van der Waals surface area contributed by atoms with Gasteiger partial charge < -0.3 is 10.7 Å². The number of benzene rings is 9. The molecule has 59 heavy (non-hydrogen) atoms. The Morgan fingerprint density at radius 1 is 0.492 bits per heavy atom. The van der Waals surface area contributed by atoms with Crippen LogP contribution in [-0.2, 0) is 0 Å². The Hall–Kier alpha value is -6.81. The van der Waals surface area contributed by atoms with Crippen molar-refractivity contribution >= 4 is 80.9 Å². The summed E-state index contributed by atoms with van der Waals surface area (Å²) in [7, 11) is 0. The molecule has 288 valence electrons. The summed E-state index contributed by atoms with van der Waals surface area (Å²) in [5.74, 6) is 0. The molecule has 0 amide bonds. The fourth-order valence-corrected chi connectivity index (χ4v) is 9.24. The summed E-state index contributed by atoms with van der Waals surface area (Å²) in [6.07, 6.45) is 3.21. The van der Waals surface area contributed by atoms with Crippen LogP contribution in [-0.4, -0.2) is 5.71 Å². The maximum absolute atomic E-state index is 9.21. The molecule has 0 saturated heterocycles. The first-order valence-corrected chi connectivity index (χ1v) is 21.5. The van der Waals surface area contributed by atoms with Crippen LogP contribution in [0.3, 0.4) is 0 Å². The van der Waals surface area contributed by atoms with Crippen molar-refractivity contribution in [2.24, 2.45) is 0 Å². The zero-order valence-corrected chi connectivity index (χ0v) is 34.9. The Kier molecular flexibility index (Phi) is 11.8. The van der Waals surface area contributed by atoms with E-state index in [1.54, 1.807) is 0 Å². The molecule has 0 saturated carbocycles. The normalized spacial score (nSPS) is 11.3. The van der Waals surface area contributed by atoms with Crippen LogP contribution >= 0.6 is 11.3 Å². The monoisotopic (exact) mass is 780 g/mol. The van der Waals surface area contributed by atoms with Gasteiger partial charge in [0.1, 0.15) is 0 Å². The van der Waals surface area contributed by atoms with E-state index in [0.29, 0.717) is 5.71 Å². The van der Waals surface area contributed by atoms with Crippen LogP contribution in [0.2, 0.25) is 0 Å². The van der Waals surface area contributed by atoms with Crippen molar-refractivity contribution in [2.45, 2.75) is 34.1 Å². The molecule has 0 bridgehead atoms. The summed E-state index contributed by atoms with van der Waals surface area (Å²) in [5.41, 5.74) is 8.72. The highest BCUT2D eigenvalue weighted by Crippen LogP contribution is 2.49. The fraction of sp³-hybridized carbons (Fsp3) is 0.0893. The molecular formula is C56H48N2S. The van der Waals surface area contributed by atoms with Crippen molar-refractivity contribution in [3.63, 3.8) is 0 Å². The van der Waals surface area contributed by atoms with Crippen LogP contribution in [0.15, 0.2) is 194 Å². The lowest BCUT2D eigenvalue weighted by Gasteiger charge is -2.18. The van der Waals surface area contributed by atoms with Gasteiger partial charge in [0, 0.05) is 36.9 Å². The predicted molar refractivity (Wildman–Crippen MR) is 261 cm³/mol. The highest BCUT2D eigenvalue weighted by Gasteiger charge is 2.20. The SMILES string of the molecule is CC.CCC.N=C(/C=C(\Nc1ccccc1)c1cc(-c2ccccc2)cc(-c2cc3c4ccccc4c4ccccc4c3c3sc4ccccc4c23)c1)c1ccccc1. The second-order valence-electron chi connectivity index (χ2n) is 14.4. The van der Waals surface area contributed by atoms with E-state index in [1.165, 1.54) is 64.5 Å². The minimum absolute atomic E-state index is 0.441. The fourth-order valence-electron chi connectivity index (χ4n) is 7.95. The molecular weight excluding hydrogens is 733 g/mol. The molecule has 9 aromatic carbocycles. The lowest BCUT2D eigenvalue weighted by molar-refractivity contribution is 1.09. The summed E-state index contributed by atoms with van der Waals surface area (Å²) >= 11 is 1.89. The Balaban J connectivity index is 0.000000928. The van der Waals surface area contributed by atoms with Gasteiger partial charge in [-0.2, -0.15) is 0 Å². The standard InChI is InChI=1S/C51H34N2S.C3H8.C2H6/c52-46(34-18-6-2-7-19-34)32-47(53-38-20-8-3-9-21-38)37-29-35(33-16-4-1-5-17-33)28-36(30-37)44-31-45-41-24-11-10-22-39(41)40-23-12-13-25-42(40)49(45)51-50(44)43-26-14-15-27-48(43)54-51;1-3-2;1-2/h1-32,52-53H;3H2,1-2H3;1-2H3/b47-32-,52-46?;;. The highest BCUT2D eigenvalue weighted by molar-refractivity contribution is 7.27. The van der Waals surface area contributed by atoms with Gasteiger partial charge >= 0.3 is 0 Å². The average Bonchev–Trinajstić information content (AvgIpc) is 3.70. The molecule has 0 unspecified atom stereocenters. The number of thiophene rings is 1. The van der Waals surface area contributed by atoms with Crippen LogP contribution in [0.1, 0.15) is 45.2 Å². The number of allylic oxidation sites excluding steroid dienone is 1.